The molecule has 4 nitrogen and oxygen atoms in total. The predicted octanol–water partition coefficient (Wildman–Crippen LogP) is 1.71. The van der Waals surface area contributed by atoms with E-state index in [9.17, 15) is 13.6 Å². The van der Waals surface area contributed by atoms with Crippen molar-refractivity contribution < 1.29 is 18.3 Å². The highest BCUT2D eigenvalue weighted by Crippen LogP contribution is 2.26. The summed E-state index contributed by atoms with van der Waals surface area (Å²) in [5.41, 5.74) is -1.30. The topological polar surface area (TPSA) is 63.0 Å². The number of hydrogen-bond donors (Lipinski definition) is 0. The Morgan fingerprint density at radius 1 is 1.67 bits per heavy atom. The summed E-state index contributed by atoms with van der Waals surface area (Å²) in [5, 5.41) is 8.60. The van der Waals surface area contributed by atoms with Gasteiger partial charge in [0.1, 0.15) is 6.07 Å². The van der Waals surface area contributed by atoms with E-state index in [-0.39, 0.29) is 17.9 Å². The number of nitrogens with zero attached hydrogens (tertiary/aromatic N) is 2. The maximum absolute atomic E-state index is 12.5. The largest absolute Gasteiger partial charge is 0.481 e. The van der Waals surface area contributed by atoms with E-state index in [1.807, 2.05) is 0 Å². The molecule has 0 bridgehead atoms. The second-order valence-electron chi connectivity index (χ2n) is 2.55. The molecule has 0 aliphatic rings. The highest BCUT2D eigenvalue weighted by molar-refractivity contribution is 5.80. The van der Waals surface area contributed by atoms with Crippen molar-refractivity contribution in [3.05, 3.63) is 22.9 Å². The molecule has 1 aromatic rings. The molecule has 1 aromatic heterocycles. The van der Waals surface area contributed by atoms with E-state index in [1.54, 1.807) is 6.07 Å². The van der Waals surface area contributed by atoms with Crippen molar-refractivity contribution in [2.45, 2.75) is 6.43 Å². The summed E-state index contributed by atoms with van der Waals surface area (Å²) in [6, 6.07) is 2.50. The van der Waals surface area contributed by atoms with Gasteiger partial charge in [0.05, 0.1) is 12.7 Å². The van der Waals surface area contributed by atoms with Gasteiger partial charge >= 0.3 is 0 Å². The number of pyridine rings is 1. The monoisotopic (exact) mass is 212 g/mol. The van der Waals surface area contributed by atoms with Crippen LogP contribution in [0.4, 0.5) is 8.78 Å². The van der Waals surface area contributed by atoms with E-state index in [0.29, 0.717) is 0 Å². The molecule has 78 valence electrons. The number of methoxy groups -OCH3 is 1. The van der Waals surface area contributed by atoms with E-state index in [2.05, 4.69) is 9.72 Å². The van der Waals surface area contributed by atoms with Crippen molar-refractivity contribution in [1.82, 2.24) is 4.98 Å². The summed E-state index contributed by atoms with van der Waals surface area (Å²) in [6.07, 6.45) is -2.67. The van der Waals surface area contributed by atoms with Gasteiger partial charge in [0, 0.05) is 11.6 Å². The first-order chi connectivity index (χ1) is 7.13. The van der Waals surface area contributed by atoms with E-state index in [0.717, 1.165) is 6.07 Å². The van der Waals surface area contributed by atoms with Gasteiger partial charge in [-0.05, 0) is 0 Å². The fourth-order valence-corrected chi connectivity index (χ4v) is 1.04. The number of rotatable bonds is 3. The lowest BCUT2D eigenvalue weighted by molar-refractivity contribution is 0.110. The number of carbonyl (C=O) groups excluding carboxylic acids is 1. The van der Waals surface area contributed by atoms with Gasteiger partial charge in [-0.25, -0.2) is 13.8 Å². The van der Waals surface area contributed by atoms with Crippen LogP contribution in [0.5, 0.6) is 5.88 Å². The van der Waals surface area contributed by atoms with Gasteiger partial charge in [-0.1, -0.05) is 0 Å². The lowest BCUT2D eigenvalue weighted by Gasteiger charge is -2.07. The Hall–Kier alpha value is -2.03. The Bertz CT molecular complexity index is 427. The van der Waals surface area contributed by atoms with E-state index >= 15 is 0 Å². The Labute approximate surface area is 84.1 Å². The summed E-state index contributed by atoms with van der Waals surface area (Å²) < 4.78 is 29.6. The molecule has 0 saturated carbocycles. The SMILES string of the molecule is COc1cc(C(F)F)c(C=O)c(C#N)n1. The molecule has 6 heteroatoms. The van der Waals surface area contributed by atoms with Crippen LogP contribution in [0, 0.1) is 11.3 Å². The van der Waals surface area contributed by atoms with E-state index in [1.165, 1.54) is 7.11 Å². The molecule has 0 amide bonds. The number of halogens is 2. The van der Waals surface area contributed by atoms with Crippen LogP contribution < -0.4 is 4.74 Å². The third kappa shape index (κ3) is 2.07. The third-order valence-corrected chi connectivity index (χ3v) is 1.74. The molecule has 0 fully saturated rings. The molecular weight excluding hydrogens is 206 g/mol. The fraction of sp³-hybridized carbons (Fsp3) is 0.222. The summed E-state index contributed by atoms with van der Waals surface area (Å²) >= 11 is 0. The summed E-state index contributed by atoms with van der Waals surface area (Å²) in [5.74, 6) is -0.118. The molecule has 0 atom stereocenters. The molecule has 1 rings (SSSR count). The number of carbonyl (C=O) groups is 1. The van der Waals surface area contributed by atoms with Gasteiger partial charge < -0.3 is 4.74 Å². The average Bonchev–Trinajstić information content (AvgIpc) is 2.26. The lowest BCUT2D eigenvalue weighted by atomic mass is 10.1. The molecule has 1 heterocycles. The second kappa shape index (κ2) is 4.46. The van der Waals surface area contributed by atoms with Crippen molar-refractivity contribution in [2.24, 2.45) is 0 Å². The number of alkyl halides is 2. The van der Waals surface area contributed by atoms with Gasteiger partial charge in [0.2, 0.25) is 5.88 Å². The quantitative estimate of drug-likeness (QED) is 0.715. The number of aldehydes is 1. The maximum Gasteiger partial charge on any atom is 0.264 e. The first kappa shape index (κ1) is 11.0. The van der Waals surface area contributed by atoms with Crippen LogP contribution in [0.1, 0.15) is 28.0 Å². The van der Waals surface area contributed by atoms with Crippen LogP contribution in [0.2, 0.25) is 0 Å². The minimum Gasteiger partial charge on any atom is -0.481 e. The van der Waals surface area contributed by atoms with Crippen molar-refractivity contribution in [3.8, 4) is 11.9 Å². The van der Waals surface area contributed by atoms with Crippen molar-refractivity contribution in [2.75, 3.05) is 7.11 Å². The number of aromatic nitrogens is 1. The zero-order chi connectivity index (χ0) is 11.4. The van der Waals surface area contributed by atoms with E-state index in [4.69, 9.17) is 5.26 Å². The van der Waals surface area contributed by atoms with Gasteiger partial charge in [-0.3, -0.25) is 4.79 Å². The first-order valence-corrected chi connectivity index (χ1v) is 3.86. The first-order valence-electron chi connectivity index (χ1n) is 3.86. The van der Waals surface area contributed by atoms with Gasteiger partial charge in [-0.15, -0.1) is 0 Å². The molecular formula is C9H6F2N2O2. The molecule has 0 saturated heterocycles. The summed E-state index contributed by atoms with van der Waals surface area (Å²) in [7, 11) is 1.24. The standard InChI is InChI=1S/C9H6F2N2O2/c1-15-8-2-5(9(10)11)6(4-14)7(3-12)13-8/h2,4,9H,1H3. The molecule has 0 spiro atoms. The molecule has 0 aromatic carbocycles. The molecule has 0 aliphatic carbocycles. The molecule has 0 aliphatic heterocycles. The van der Waals surface area contributed by atoms with Gasteiger partial charge in [0.25, 0.3) is 6.43 Å². The second-order valence-corrected chi connectivity index (χ2v) is 2.55. The zero-order valence-electron chi connectivity index (χ0n) is 7.70. The van der Waals surface area contributed by atoms with Crippen molar-refractivity contribution >= 4 is 6.29 Å². The highest BCUT2D eigenvalue weighted by Gasteiger charge is 2.19. The molecule has 0 unspecified atom stereocenters. The normalized spacial score (nSPS) is 9.80. The van der Waals surface area contributed by atoms with Crippen molar-refractivity contribution in [3.63, 3.8) is 0 Å². The Morgan fingerprint density at radius 2 is 2.33 bits per heavy atom. The molecule has 15 heavy (non-hydrogen) atoms. The average molecular weight is 212 g/mol. The fourth-order valence-electron chi connectivity index (χ4n) is 1.04. The minimum absolute atomic E-state index is 0.118. The predicted molar refractivity (Wildman–Crippen MR) is 45.8 cm³/mol. The number of ether oxygens (including phenoxy) is 1. The summed E-state index contributed by atoms with van der Waals surface area (Å²) in [6.45, 7) is 0. The van der Waals surface area contributed by atoms with Crippen LogP contribution in [-0.2, 0) is 0 Å². The van der Waals surface area contributed by atoms with Crippen LogP contribution in [0.15, 0.2) is 6.07 Å². The highest BCUT2D eigenvalue weighted by atomic mass is 19.3. The van der Waals surface area contributed by atoms with Crippen molar-refractivity contribution in [1.29, 1.82) is 5.26 Å². The third-order valence-electron chi connectivity index (χ3n) is 1.74. The Balaban J connectivity index is 3.47. The van der Waals surface area contributed by atoms with Crippen LogP contribution in [0.25, 0.3) is 0 Å². The van der Waals surface area contributed by atoms with E-state index < -0.39 is 17.6 Å². The number of nitriles is 1. The smallest absolute Gasteiger partial charge is 0.264 e. The number of hydrogen-bond acceptors (Lipinski definition) is 4. The lowest BCUT2D eigenvalue weighted by Crippen LogP contribution is -2.02. The van der Waals surface area contributed by atoms with Crippen LogP contribution in [-0.4, -0.2) is 18.4 Å². The molecule has 0 N–H and O–H groups in total. The molecule has 0 radical (unpaired) electrons. The Morgan fingerprint density at radius 3 is 2.73 bits per heavy atom. The summed E-state index contributed by atoms with van der Waals surface area (Å²) in [4.78, 5) is 14.1. The Kier molecular flexibility index (Phi) is 3.29. The van der Waals surface area contributed by atoms with Crippen LogP contribution >= 0.6 is 0 Å². The van der Waals surface area contributed by atoms with Crippen LogP contribution in [0.3, 0.4) is 0 Å². The van der Waals surface area contributed by atoms with Gasteiger partial charge in [-0.2, -0.15) is 5.26 Å². The minimum atomic E-state index is -2.85. The zero-order valence-corrected chi connectivity index (χ0v) is 7.70. The maximum atomic E-state index is 12.5. The van der Waals surface area contributed by atoms with Gasteiger partial charge in [0.15, 0.2) is 12.0 Å².